The fraction of sp³-hybridized carbons (Fsp3) is 0.500. The second kappa shape index (κ2) is 10.3. The number of methoxy groups -OCH3 is 1. The van der Waals surface area contributed by atoms with Crippen LogP contribution in [0.5, 0.6) is 0 Å². The first-order chi connectivity index (χ1) is 14.0. The first kappa shape index (κ1) is 21.2. The predicted octanol–water partition coefficient (Wildman–Crippen LogP) is 2.86. The van der Waals surface area contributed by atoms with Crippen molar-refractivity contribution < 1.29 is 9.53 Å². The quantitative estimate of drug-likeness (QED) is 0.713. The van der Waals surface area contributed by atoms with Crippen molar-refractivity contribution in [3.05, 3.63) is 47.9 Å². The first-order valence-electron chi connectivity index (χ1n) is 10.2. The second-order valence-corrected chi connectivity index (χ2v) is 7.74. The van der Waals surface area contributed by atoms with Crippen LogP contribution in [0, 0.1) is 6.92 Å². The van der Waals surface area contributed by atoms with Crippen LogP contribution in [-0.2, 0) is 9.53 Å². The zero-order chi connectivity index (χ0) is 20.6. The van der Waals surface area contributed by atoms with Crippen molar-refractivity contribution in [1.82, 2.24) is 20.2 Å². The zero-order valence-corrected chi connectivity index (χ0v) is 17.5. The van der Waals surface area contributed by atoms with E-state index in [4.69, 9.17) is 4.74 Å². The van der Waals surface area contributed by atoms with Gasteiger partial charge in [0.15, 0.2) is 0 Å². The highest BCUT2D eigenvalue weighted by atomic mass is 16.5. The van der Waals surface area contributed by atoms with Gasteiger partial charge >= 0.3 is 0 Å². The summed E-state index contributed by atoms with van der Waals surface area (Å²) in [7, 11) is 1.64. The van der Waals surface area contributed by atoms with Crippen LogP contribution in [-0.4, -0.2) is 60.2 Å². The Bertz CT molecular complexity index is 788. The summed E-state index contributed by atoms with van der Waals surface area (Å²) in [6, 6.07) is 8.16. The molecule has 2 aromatic rings. The number of carbonyl (C=O) groups excluding carboxylic acids is 1. The van der Waals surface area contributed by atoms with Crippen molar-refractivity contribution in [2.75, 3.05) is 38.7 Å². The van der Waals surface area contributed by atoms with Crippen molar-refractivity contribution in [3.8, 4) is 0 Å². The molecule has 1 amide bonds. The largest absolute Gasteiger partial charge is 0.383 e. The number of rotatable bonds is 8. The predicted molar refractivity (Wildman–Crippen MR) is 114 cm³/mol. The lowest BCUT2D eigenvalue weighted by Crippen LogP contribution is -2.44. The average Bonchev–Trinajstić information content (AvgIpc) is 2.71. The number of likely N-dealkylation sites (tertiary alicyclic amines) is 1. The molecule has 0 aromatic carbocycles. The summed E-state index contributed by atoms with van der Waals surface area (Å²) in [6.07, 6.45) is 5.68. The first-order valence-corrected chi connectivity index (χ1v) is 10.2. The lowest BCUT2D eigenvalue weighted by atomic mass is 9.93. The van der Waals surface area contributed by atoms with Gasteiger partial charge in [0, 0.05) is 31.0 Å². The van der Waals surface area contributed by atoms with Crippen LogP contribution in [0.25, 0.3) is 0 Å². The van der Waals surface area contributed by atoms with Crippen LogP contribution in [0.1, 0.15) is 36.9 Å². The summed E-state index contributed by atoms with van der Waals surface area (Å²) in [4.78, 5) is 23.4. The number of hydrogen-bond donors (Lipinski definition) is 2. The molecule has 1 aliphatic heterocycles. The molecule has 1 saturated heterocycles. The Labute approximate surface area is 172 Å². The maximum Gasteiger partial charge on any atom is 0.234 e. The number of aromatic nitrogens is 2. The molecule has 0 bridgehead atoms. The molecule has 2 aromatic heterocycles. The minimum atomic E-state index is 0.0382. The molecule has 7 heteroatoms. The Kier molecular flexibility index (Phi) is 7.55. The molecule has 1 atom stereocenters. The van der Waals surface area contributed by atoms with Crippen molar-refractivity contribution in [2.45, 2.75) is 38.6 Å². The molecule has 0 aliphatic carbocycles. The lowest BCUT2D eigenvalue weighted by Gasteiger charge is -2.31. The summed E-state index contributed by atoms with van der Waals surface area (Å²) in [5, 5.41) is 6.29. The highest BCUT2D eigenvalue weighted by Crippen LogP contribution is 2.27. The monoisotopic (exact) mass is 397 g/mol. The minimum Gasteiger partial charge on any atom is -0.383 e. The van der Waals surface area contributed by atoms with Crippen molar-refractivity contribution in [1.29, 1.82) is 0 Å². The molecule has 3 heterocycles. The zero-order valence-electron chi connectivity index (χ0n) is 17.5. The van der Waals surface area contributed by atoms with Gasteiger partial charge in [-0.25, -0.2) is 4.98 Å². The molecule has 156 valence electrons. The third kappa shape index (κ3) is 6.24. The van der Waals surface area contributed by atoms with Gasteiger partial charge in [0.05, 0.1) is 25.0 Å². The maximum absolute atomic E-state index is 12.1. The van der Waals surface area contributed by atoms with Crippen LogP contribution < -0.4 is 10.6 Å². The molecule has 7 nitrogen and oxygen atoms in total. The Morgan fingerprint density at radius 3 is 2.72 bits per heavy atom. The van der Waals surface area contributed by atoms with E-state index in [1.807, 2.05) is 32.2 Å². The summed E-state index contributed by atoms with van der Waals surface area (Å²) in [5.41, 5.74) is 3.16. The van der Waals surface area contributed by atoms with Crippen LogP contribution in [0.15, 0.2) is 36.7 Å². The number of anilines is 2. The van der Waals surface area contributed by atoms with Gasteiger partial charge in [-0.15, -0.1) is 0 Å². The Morgan fingerprint density at radius 1 is 1.28 bits per heavy atom. The number of hydrogen-bond acceptors (Lipinski definition) is 6. The molecule has 1 aliphatic rings. The van der Waals surface area contributed by atoms with Crippen LogP contribution in [0.4, 0.5) is 11.5 Å². The third-order valence-corrected chi connectivity index (χ3v) is 5.26. The summed E-state index contributed by atoms with van der Waals surface area (Å²) in [6.45, 7) is 6.78. The highest BCUT2D eigenvalue weighted by molar-refractivity contribution is 5.78. The van der Waals surface area contributed by atoms with E-state index in [9.17, 15) is 4.79 Å². The number of amides is 1. The van der Waals surface area contributed by atoms with E-state index < -0.39 is 0 Å². The van der Waals surface area contributed by atoms with Gasteiger partial charge in [-0.3, -0.25) is 14.7 Å². The Hall–Kier alpha value is -2.51. The molecule has 0 unspecified atom stereocenters. The molecule has 3 rings (SSSR count). The van der Waals surface area contributed by atoms with Gasteiger partial charge in [-0.2, -0.15) is 0 Å². The molecule has 0 spiro atoms. The molecular weight excluding hydrogens is 366 g/mol. The van der Waals surface area contributed by atoms with E-state index in [2.05, 4.69) is 37.6 Å². The highest BCUT2D eigenvalue weighted by Gasteiger charge is 2.23. The van der Waals surface area contributed by atoms with Crippen molar-refractivity contribution in [2.24, 2.45) is 0 Å². The van der Waals surface area contributed by atoms with E-state index in [1.165, 1.54) is 0 Å². The smallest absolute Gasteiger partial charge is 0.234 e. The summed E-state index contributed by atoms with van der Waals surface area (Å²) in [5.74, 6) is 1.35. The second-order valence-electron chi connectivity index (χ2n) is 7.74. The summed E-state index contributed by atoms with van der Waals surface area (Å²) < 4.78 is 5.06. The van der Waals surface area contributed by atoms with Crippen LogP contribution in [0.3, 0.4) is 0 Å². The van der Waals surface area contributed by atoms with E-state index in [1.54, 1.807) is 13.3 Å². The minimum absolute atomic E-state index is 0.0382. The average molecular weight is 398 g/mol. The number of nitrogens with zero attached hydrogens (tertiary/aromatic N) is 3. The van der Waals surface area contributed by atoms with Crippen molar-refractivity contribution >= 4 is 17.4 Å². The normalized spacial score (nSPS) is 16.4. The molecule has 0 saturated carbocycles. The molecule has 0 radical (unpaired) electrons. The maximum atomic E-state index is 12.1. The number of nitrogens with one attached hydrogen (secondary N) is 2. The van der Waals surface area contributed by atoms with Crippen LogP contribution >= 0.6 is 0 Å². The number of aryl methyl sites for hydroxylation is 1. The fourth-order valence-electron chi connectivity index (χ4n) is 3.68. The third-order valence-electron chi connectivity index (χ3n) is 5.26. The van der Waals surface area contributed by atoms with E-state index in [0.717, 1.165) is 48.7 Å². The molecular formula is C22H31N5O2. The van der Waals surface area contributed by atoms with E-state index in [-0.39, 0.29) is 11.9 Å². The number of ether oxygens (including phenoxy) is 1. The Balaban J connectivity index is 1.47. The van der Waals surface area contributed by atoms with Gasteiger partial charge in [-0.05, 0) is 63.5 Å². The van der Waals surface area contributed by atoms with Crippen molar-refractivity contribution in [3.63, 3.8) is 0 Å². The molecule has 29 heavy (non-hydrogen) atoms. The van der Waals surface area contributed by atoms with E-state index in [0.29, 0.717) is 19.1 Å². The SMILES string of the molecule is COC[C@@H](C)NC(=O)CN1CCC(c2ccc(Nc3ncccc3C)cn2)CC1. The van der Waals surface area contributed by atoms with Gasteiger partial charge in [-0.1, -0.05) is 6.07 Å². The topological polar surface area (TPSA) is 79.4 Å². The number of carbonyl (C=O) groups is 1. The molecule has 1 fully saturated rings. The summed E-state index contributed by atoms with van der Waals surface area (Å²) >= 11 is 0. The van der Waals surface area contributed by atoms with E-state index >= 15 is 0 Å². The van der Waals surface area contributed by atoms with Gasteiger partial charge in [0.2, 0.25) is 5.91 Å². The molecule has 2 N–H and O–H groups in total. The Morgan fingerprint density at radius 2 is 2.07 bits per heavy atom. The standard InChI is InChI=1S/C22H31N5O2/c1-16-5-4-10-23-22(16)26-19-6-7-20(24-13-19)18-8-11-27(12-9-18)14-21(28)25-17(2)15-29-3/h4-7,10,13,17-18H,8-9,11-12,14-15H2,1-3H3,(H,23,26)(H,25,28)/t17-/m1/s1. The number of piperidine rings is 1. The number of pyridine rings is 2. The van der Waals surface area contributed by atoms with Gasteiger partial charge in [0.1, 0.15) is 5.82 Å². The lowest BCUT2D eigenvalue weighted by molar-refractivity contribution is -0.123. The van der Waals surface area contributed by atoms with Gasteiger partial charge < -0.3 is 15.4 Å². The van der Waals surface area contributed by atoms with Crippen LogP contribution in [0.2, 0.25) is 0 Å². The fourth-order valence-corrected chi connectivity index (χ4v) is 3.68. The van der Waals surface area contributed by atoms with Gasteiger partial charge in [0.25, 0.3) is 0 Å².